The van der Waals surface area contributed by atoms with Gasteiger partial charge in [0.2, 0.25) is 9.84 Å². The first kappa shape index (κ1) is 54.5. The van der Waals surface area contributed by atoms with Crippen molar-refractivity contribution in [1.29, 1.82) is 0 Å². The maximum absolute atomic E-state index is 16.9. The first-order valence-electron chi connectivity index (χ1n) is 29.3. The molecule has 87 heavy (non-hydrogen) atoms. The number of hydrogen-bond acceptors (Lipinski definition) is 6. The highest BCUT2D eigenvalue weighted by molar-refractivity contribution is 7.91. The van der Waals surface area contributed by atoms with Crippen LogP contribution in [0.5, 0.6) is 11.5 Å². The summed E-state index contributed by atoms with van der Waals surface area (Å²) in [5.74, 6) is 0.865. The van der Waals surface area contributed by atoms with E-state index in [9.17, 15) is 10.2 Å². The quantitative estimate of drug-likeness (QED) is 0.100. The van der Waals surface area contributed by atoms with Crippen LogP contribution in [-0.2, 0) is 9.84 Å². The molecule has 0 aliphatic heterocycles. The molecule has 14 rings (SSSR count). The summed E-state index contributed by atoms with van der Waals surface area (Å²) in [7, 11) is -4.56. The average molecular weight is 1150 g/mol. The van der Waals surface area contributed by atoms with Crippen LogP contribution < -0.4 is 9.47 Å². The highest BCUT2D eigenvalue weighted by Crippen LogP contribution is 2.51. The number of fused-ring (bicyclic) bond motifs is 4. The normalized spacial score (nSPS) is 11.6. The molecule has 0 unspecified atom stereocenters. The Hall–Kier alpha value is -10.4. The van der Waals surface area contributed by atoms with Crippen molar-refractivity contribution in [2.75, 3.05) is 26.4 Å². The Morgan fingerprint density at radius 1 is 0.241 bits per heavy atom. The van der Waals surface area contributed by atoms with Gasteiger partial charge < -0.3 is 19.7 Å². The first-order chi connectivity index (χ1) is 42.9. The molecule has 420 valence electrons. The molecular weight excluding hydrogens is 1090 g/mol. The molecule has 0 fully saturated rings. The zero-order chi connectivity index (χ0) is 58.8. The molecule has 0 saturated carbocycles. The van der Waals surface area contributed by atoms with Gasteiger partial charge in [0.05, 0.1) is 23.0 Å². The second-order valence-electron chi connectivity index (χ2n) is 21.6. The fourth-order valence-corrected chi connectivity index (χ4v) is 14.0. The summed E-state index contributed by atoms with van der Waals surface area (Å²) in [6, 6.07) is 97.4. The number of ether oxygens (including phenoxy) is 2. The predicted octanol–water partition coefficient (Wildman–Crippen LogP) is 19.2. The predicted molar refractivity (Wildman–Crippen MR) is 357 cm³/mol. The molecule has 7 heteroatoms. The lowest BCUT2D eigenvalue weighted by atomic mass is 9.88. The highest BCUT2D eigenvalue weighted by Gasteiger charge is 2.30. The van der Waals surface area contributed by atoms with Crippen LogP contribution in [0.15, 0.2) is 301 Å². The molecule has 0 atom stereocenters. The largest absolute Gasteiger partial charge is 0.490 e. The fraction of sp³-hybridized carbons (Fsp3) is 0.0500. The standard InChI is InChI=1S/C80H58O6S/c81-45-47-85-79-75(71-41-37-59(53-21-5-1-6-22-53)63-29-13-17-33-67(63)71)49-57(50-76(79)72-42-38-60(54-23-7-2-8-24-54)64-30-14-18-34-68(64)72)87(83,84)58-51-77(73-43-39-61(55-25-9-3-10-26-55)65-31-15-19-35-69(65)73)80(86-48-46-82)78(52-58)74-44-40-62(56-27-11-4-12-28-56)66-32-16-20-36-70(66)74/h1-44,49-52,81-82H,45-48H2. The molecule has 6 nitrogen and oxygen atoms in total. The number of aliphatic hydroxyl groups is 2. The third-order valence-corrected chi connectivity index (χ3v) is 18.3. The molecule has 0 aliphatic carbocycles. The van der Waals surface area contributed by atoms with E-state index in [-0.39, 0.29) is 36.2 Å². The van der Waals surface area contributed by atoms with Crippen LogP contribution >= 0.6 is 0 Å². The van der Waals surface area contributed by atoms with Crippen molar-refractivity contribution in [2.24, 2.45) is 0 Å². The second-order valence-corrected chi connectivity index (χ2v) is 23.6. The zero-order valence-corrected chi connectivity index (χ0v) is 48.3. The molecule has 0 aliphatic rings. The van der Waals surface area contributed by atoms with Crippen molar-refractivity contribution in [3.05, 3.63) is 291 Å². The number of benzene rings is 14. The van der Waals surface area contributed by atoms with Gasteiger partial charge in [0.25, 0.3) is 0 Å². The molecule has 0 saturated heterocycles. The molecule has 14 aromatic carbocycles. The van der Waals surface area contributed by atoms with Crippen LogP contribution in [0.1, 0.15) is 0 Å². The average Bonchev–Trinajstić information content (AvgIpc) is 2.35. The van der Waals surface area contributed by atoms with E-state index in [0.29, 0.717) is 33.8 Å². The van der Waals surface area contributed by atoms with Gasteiger partial charge in [0, 0.05) is 22.3 Å². The van der Waals surface area contributed by atoms with E-state index < -0.39 is 9.84 Å². The summed E-state index contributed by atoms with van der Waals surface area (Å²) in [6.07, 6.45) is 0. The van der Waals surface area contributed by atoms with Gasteiger partial charge in [0.15, 0.2) is 0 Å². The third-order valence-electron chi connectivity index (χ3n) is 16.6. The molecule has 0 spiro atoms. The van der Waals surface area contributed by atoms with E-state index in [1.165, 1.54) is 0 Å². The molecule has 0 aromatic heterocycles. The minimum atomic E-state index is -4.56. The Balaban J connectivity index is 1.08. The van der Waals surface area contributed by atoms with Crippen LogP contribution in [-0.4, -0.2) is 45.1 Å². The van der Waals surface area contributed by atoms with Gasteiger partial charge in [-0.2, -0.15) is 0 Å². The molecular formula is C80H58O6S. The lowest BCUT2D eigenvalue weighted by Gasteiger charge is -2.23. The molecule has 0 bridgehead atoms. The maximum atomic E-state index is 16.9. The molecule has 0 amide bonds. The van der Waals surface area contributed by atoms with Gasteiger partial charge in [-0.05, 0) is 134 Å². The smallest absolute Gasteiger partial charge is 0.206 e. The van der Waals surface area contributed by atoms with Crippen molar-refractivity contribution >= 4 is 52.9 Å². The SMILES string of the molecule is O=S(=O)(c1cc(-c2ccc(-c3ccccc3)c3ccccc23)c(OCCO)c(-c2ccc(-c3ccccc3)c3ccccc23)c1)c1cc(-c2ccc(-c3ccccc3)c3ccccc23)c(OCCO)c(-c2ccc(-c3ccccc3)c3ccccc23)c1. The Morgan fingerprint density at radius 2 is 0.437 bits per heavy atom. The van der Waals surface area contributed by atoms with Crippen LogP contribution in [0.2, 0.25) is 0 Å². The molecule has 0 radical (unpaired) electrons. The Bertz CT molecular complexity index is 4410. The van der Waals surface area contributed by atoms with Crippen LogP contribution in [0.25, 0.3) is 132 Å². The summed E-state index contributed by atoms with van der Waals surface area (Å²) in [6.45, 7) is -0.665. The summed E-state index contributed by atoms with van der Waals surface area (Å²) >= 11 is 0. The molecule has 0 heterocycles. The van der Waals surface area contributed by atoms with Crippen molar-refractivity contribution in [1.82, 2.24) is 0 Å². The summed E-state index contributed by atoms with van der Waals surface area (Å²) in [5.41, 5.74) is 13.5. The van der Waals surface area contributed by atoms with Gasteiger partial charge in [0.1, 0.15) is 24.7 Å². The minimum absolute atomic E-state index is 0.0331. The van der Waals surface area contributed by atoms with Crippen molar-refractivity contribution < 1.29 is 28.1 Å². The Kier molecular flexibility index (Phi) is 14.8. The van der Waals surface area contributed by atoms with Gasteiger partial charge >= 0.3 is 0 Å². The van der Waals surface area contributed by atoms with E-state index >= 15 is 8.42 Å². The van der Waals surface area contributed by atoms with Crippen molar-refractivity contribution in [3.8, 4) is 101 Å². The number of sulfone groups is 1. The fourth-order valence-electron chi connectivity index (χ4n) is 12.7. The van der Waals surface area contributed by atoms with Crippen LogP contribution in [0.3, 0.4) is 0 Å². The highest BCUT2D eigenvalue weighted by atomic mass is 32.2. The van der Waals surface area contributed by atoms with Crippen molar-refractivity contribution in [2.45, 2.75) is 9.79 Å². The second kappa shape index (κ2) is 23.6. The number of rotatable bonds is 16. The van der Waals surface area contributed by atoms with E-state index in [1.807, 2.05) is 121 Å². The lowest BCUT2D eigenvalue weighted by molar-refractivity contribution is 0.202. The van der Waals surface area contributed by atoms with Crippen LogP contribution in [0.4, 0.5) is 0 Å². The maximum Gasteiger partial charge on any atom is 0.206 e. The summed E-state index contributed by atoms with van der Waals surface area (Å²) in [4.78, 5) is 0.0663. The monoisotopic (exact) mass is 1150 g/mol. The van der Waals surface area contributed by atoms with E-state index in [2.05, 4.69) is 146 Å². The lowest BCUT2D eigenvalue weighted by Crippen LogP contribution is -2.09. The summed E-state index contributed by atoms with van der Waals surface area (Å²) in [5, 5.41) is 28.7. The Morgan fingerprint density at radius 3 is 0.655 bits per heavy atom. The van der Waals surface area contributed by atoms with Gasteiger partial charge in [-0.25, -0.2) is 8.42 Å². The van der Waals surface area contributed by atoms with Gasteiger partial charge in [-0.1, -0.05) is 267 Å². The number of aliphatic hydroxyl groups excluding tert-OH is 2. The van der Waals surface area contributed by atoms with E-state index in [4.69, 9.17) is 9.47 Å². The Labute approximate surface area is 506 Å². The van der Waals surface area contributed by atoms with Gasteiger partial charge in [-0.15, -0.1) is 0 Å². The summed E-state index contributed by atoms with van der Waals surface area (Å²) < 4.78 is 47.4. The minimum Gasteiger partial charge on any atom is -0.490 e. The molecule has 2 N–H and O–H groups in total. The topological polar surface area (TPSA) is 93.1 Å². The van der Waals surface area contributed by atoms with Gasteiger partial charge in [-0.3, -0.25) is 0 Å². The first-order valence-corrected chi connectivity index (χ1v) is 30.7. The van der Waals surface area contributed by atoms with E-state index in [0.717, 1.165) is 110 Å². The zero-order valence-electron chi connectivity index (χ0n) is 47.5. The molecule has 14 aromatic rings. The van der Waals surface area contributed by atoms with E-state index in [1.54, 1.807) is 24.3 Å². The van der Waals surface area contributed by atoms with Crippen LogP contribution in [0, 0.1) is 0 Å². The third kappa shape index (κ3) is 10.1. The van der Waals surface area contributed by atoms with Crippen molar-refractivity contribution in [3.63, 3.8) is 0 Å². The number of hydrogen-bond donors (Lipinski definition) is 2.